The highest BCUT2D eigenvalue weighted by molar-refractivity contribution is 7.91. The molecule has 0 radical (unpaired) electrons. The van der Waals surface area contributed by atoms with E-state index < -0.39 is 9.84 Å². The van der Waals surface area contributed by atoms with Crippen LogP contribution in [0.15, 0.2) is 82.6 Å². The summed E-state index contributed by atoms with van der Waals surface area (Å²) in [5.41, 5.74) is 0. The summed E-state index contributed by atoms with van der Waals surface area (Å²) in [5, 5.41) is 0. The zero-order chi connectivity index (χ0) is 43.9. The Hall–Kier alpha value is -3.59. The van der Waals surface area contributed by atoms with Crippen molar-refractivity contribution in [3.8, 4) is 11.5 Å². The molecule has 344 valence electrons. The van der Waals surface area contributed by atoms with Gasteiger partial charge in [-0.15, -0.1) is 0 Å². The molecule has 0 aliphatic carbocycles. The molecule has 61 heavy (non-hydrogen) atoms. The number of rotatable bonds is 40. The molecule has 0 fully saturated rings. The fourth-order valence-electron chi connectivity index (χ4n) is 7.02. The summed E-state index contributed by atoms with van der Waals surface area (Å²) in [6.45, 7) is 5.15. The lowest BCUT2D eigenvalue weighted by atomic mass is 10.1. The molecule has 0 aliphatic heterocycles. The molecule has 0 saturated heterocycles. The number of hydrogen-bond acceptors (Lipinski definition) is 8. The zero-order valence-corrected chi connectivity index (χ0v) is 39.0. The lowest BCUT2D eigenvalue weighted by molar-refractivity contribution is -0.145. The first kappa shape index (κ1) is 53.5. The molecule has 0 heterocycles. The maximum Gasteiger partial charge on any atom is 0.305 e. The minimum absolute atomic E-state index is 0.138. The zero-order valence-electron chi connectivity index (χ0n) is 38.2. The summed E-state index contributed by atoms with van der Waals surface area (Å²) in [5.74, 6) is 0.550. The van der Waals surface area contributed by atoms with E-state index in [0.717, 1.165) is 38.5 Å². The molecule has 0 unspecified atom stereocenters. The molecule has 9 heteroatoms. The van der Waals surface area contributed by atoms with Gasteiger partial charge in [0.25, 0.3) is 0 Å². The first-order valence-electron chi connectivity index (χ1n) is 24.2. The summed E-state index contributed by atoms with van der Waals surface area (Å²) >= 11 is 0. The minimum Gasteiger partial charge on any atom is -0.490 e. The van der Waals surface area contributed by atoms with E-state index in [-0.39, 0.29) is 48.2 Å². The number of esters is 2. The predicted octanol–water partition coefficient (Wildman–Crippen LogP) is 14.4. The van der Waals surface area contributed by atoms with Crippen LogP contribution in [-0.4, -0.2) is 46.8 Å². The van der Waals surface area contributed by atoms with Crippen molar-refractivity contribution in [1.29, 1.82) is 0 Å². The number of unbranched alkanes of at least 4 members (excludes halogenated alkanes) is 22. The Morgan fingerprint density at radius 3 is 1.03 bits per heavy atom. The number of carbonyl (C=O) groups is 2. The highest BCUT2D eigenvalue weighted by Crippen LogP contribution is 2.25. The van der Waals surface area contributed by atoms with Crippen molar-refractivity contribution < 1.29 is 37.0 Å². The lowest BCUT2D eigenvalue weighted by Gasteiger charge is -2.10. The van der Waals surface area contributed by atoms with Crippen LogP contribution in [-0.2, 0) is 28.9 Å². The molecule has 8 nitrogen and oxygen atoms in total. The molecule has 0 saturated carbocycles. The first-order chi connectivity index (χ1) is 29.9. The fourth-order valence-corrected chi connectivity index (χ4v) is 8.28. The van der Waals surface area contributed by atoms with E-state index >= 15 is 0 Å². The van der Waals surface area contributed by atoms with Gasteiger partial charge in [0.2, 0.25) is 9.84 Å². The van der Waals surface area contributed by atoms with Gasteiger partial charge in [0.1, 0.15) is 37.9 Å². The van der Waals surface area contributed by atoms with E-state index in [1.807, 2.05) is 0 Å². The summed E-state index contributed by atoms with van der Waals surface area (Å²) in [4.78, 5) is 24.5. The van der Waals surface area contributed by atoms with Gasteiger partial charge in [-0.05, 0) is 113 Å². The fraction of sp³-hybridized carbons (Fsp3) is 0.654. The predicted molar refractivity (Wildman–Crippen MR) is 250 cm³/mol. The normalized spacial score (nSPS) is 11.7. The van der Waals surface area contributed by atoms with Crippen molar-refractivity contribution in [3.05, 3.63) is 72.8 Å². The Morgan fingerprint density at radius 1 is 0.410 bits per heavy atom. The first-order valence-corrected chi connectivity index (χ1v) is 25.7. The average Bonchev–Trinajstić information content (AvgIpc) is 3.27. The van der Waals surface area contributed by atoms with Crippen molar-refractivity contribution in [2.24, 2.45) is 0 Å². The van der Waals surface area contributed by atoms with E-state index in [1.165, 1.54) is 153 Å². The maximum absolute atomic E-state index is 13.2. The lowest BCUT2D eigenvalue weighted by Crippen LogP contribution is -2.12. The second kappa shape index (κ2) is 37.0. The highest BCUT2D eigenvalue weighted by atomic mass is 32.2. The van der Waals surface area contributed by atoms with E-state index in [2.05, 4.69) is 38.2 Å². The van der Waals surface area contributed by atoms with Crippen LogP contribution < -0.4 is 9.47 Å². The molecule has 0 atom stereocenters. The van der Waals surface area contributed by atoms with Crippen LogP contribution in [0.25, 0.3) is 0 Å². The second-order valence-electron chi connectivity index (χ2n) is 16.3. The maximum atomic E-state index is 13.2. The number of benzene rings is 2. The van der Waals surface area contributed by atoms with Gasteiger partial charge in [-0.1, -0.05) is 141 Å². The van der Waals surface area contributed by atoms with Crippen LogP contribution in [0.2, 0.25) is 0 Å². The van der Waals surface area contributed by atoms with Crippen molar-refractivity contribution in [2.45, 2.75) is 203 Å². The van der Waals surface area contributed by atoms with E-state index in [0.29, 0.717) is 24.3 Å². The molecule has 0 amide bonds. The second-order valence-corrected chi connectivity index (χ2v) is 18.2. The van der Waals surface area contributed by atoms with Crippen LogP contribution >= 0.6 is 0 Å². The van der Waals surface area contributed by atoms with E-state index in [4.69, 9.17) is 18.9 Å². The quantitative estimate of drug-likeness (QED) is 0.0370. The van der Waals surface area contributed by atoms with Gasteiger partial charge in [-0.25, -0.2) is 8.42 Å². The van der Waals surface area contributed by atoms with Gasteiger partial charge < -0.3 is 18.9 Å². The SMILES string of the molecule is CCCCCC/C=C/CCCCCCCCCC(=O)OCCOc1ccc(S(=O)(=O)c2ccc(OCCOC(=O)CCCCCCCCC/C=C/CCCCCC)cc2)cc1. The average molecular weight is 867 g/mol. The van der Waals surface area contributed by atoms with Crippen molar-refractivity contribution >= 4 is 21.8 Å². The molecule has 0 bridgehead atoms. The summed E-state index contributed by atoms with van der Waals surface area (Å²) in [6, 6.07) is 12.4. The van der Waals surface area contributed by atoms with E-state index in [1.54, 1.807) is 24.3 Å². The third kappa shape index (κ3) is 28.6. The van der Waals surface area contributed by atoms with Crippen LogP contribution in [0.5, 0.6) is 11.5 Å². The summed E-state index contributed by atoms with van der Waals surface area (Å²) in [6.07, 6.45) is 41.6. The van der Waals surface area contributed by atoms with Crippen molar-refractivity contribution in [1.82, 2.24) is 0 Å². The highest BCUT2D eigenvalue weighted by Gasteiger charge is 2.18. The third-order valence-electron chi connectivity index (χ3n) is 10.8. The van der Waals surface area contributed by atoms with E-state index in [9.17, 15) is 18.0 Å². The third-order valence-corrected chi connectivity index (χ3v) is 12.6. The largest absolute Gasteiger partial charge is 0.490 e. The van der Waals surface area contributed by atoms with Crippen LogP contribution in [0.1, 0.15) is 194 Å². The molecule has 0 spiro atoms. The monoisotopic (exact) mass is 867 g/mol. The Kier molecular flexibility index (Phi) is 32.5. The Labute approximate surface area is 371 Å². The molecule has 0 aromatic heterocycles. The van der Waals surface area contributed by atoms with Gasteiger partial charge >= 0.3 is 11.9 Å². The molecular weight excluding hydrogens is 785 g/mol. The number of allylic oxidation sites excluding steroid dienone is 4. The standard InChI is InChI=1S/C52H82O8S/c1-3-5-7-9-11-13-15-17-19-21-23-25-27-29-31-33-51(53)59-45-43-57-47-35-39-49(40-36-47)61(55,56)50-41-37-48(38-42-50)58-44-46-60-52(54)34-32-30-28-26-24-22-20-18-16-14-12-10-8-6-4-2/h13-16,35-42H,3-12,17-34,43-46H2,1-2H3/b15-13+,16-14+. The molecule has 2 aromatic carbocycles. The van der Waals surface area contributed by atoms with Crippen LogP contribution in [0.4, 0.5) is 0 Å². The Bertz CT molecular complexity index is 1420. The van der Waals surface area contributed by atoms with Gasteiger partial charge in [0.05, 0.1) is 9.79 Å². The number of sulfone groups is 1. The van der Waals surface area contributed by atoms with Crippen molar-refractivity contribution in [2.75, 3.05) is 26.4 Å². The summed E-state index contributed by atoms with van der Waals surface area (Å²) < 4.78 is 48.4. The topological polar surface area (TPSA) is 105 Å². The van der Waals surface area contributed by atoms with Crippen LogP contribution in [0.3, 0.4) is 0 Å². The van der Waals surface area contributed by atoms with Gasteiger partial charge in [-0.2, -0.15) is 0 Å². The molecule has 0 aliphatic rings. The molecular formula is C52H82O8S. The minimum atomic E-state index is -3.75. The Balaban J connectivity index is 1.48. The van der Waals surface area contributed by atoms with Gasteiger partial charge in [0.15, 0.2) is 0 Å². The smallest absolute Gasteiger partial charge is 0.305 e. The molecule has 2 rings (SSSR count). The van der Waals surface area contributed by atoms with Gasteiger partial charge in [-0.3, -0.25) is 9.59 Å². The molecule has 2 aromatic rings. The number of ether oxygens (including phenoxy) is 4. The Morgan fingerprint density at radius 2 is 0.705 bits per heavy atom. The van der Waals surface area contributed by atoms with Gasteiger partial charge in [0, 0.05) is 12.8 Å². The van der Waals surface area contributed by atoms with Crippen LogP contribution in [0, 0.1) is 0 Å². The number of hydrogen-bond donors (Lipinski definition) is 0. The van der Waals surface area contributed by atoms with Crippen molar-refractivity contribution in [3.63, 3.8) is 0 Å². The summed E-state index contributed by atoms with van der Waals surface area (Å²) in [7, 11) is -3.75. The number of carbonyl (C=O) groups excluding carboxylic acids is 2. The molecule has 0 N–H and O–H groups in total.